The van der Waals surface area contributed by atoms with E-state index >= 15 is 0 Å². The molecule has 0 aromatic heterocycles. The van der Waals surface area contributed by atoms with Gasteiger partial charge in [0.25, 0.3) is 0 Å². The molecule has 3 aromatic carbocycles. The van der Waals surface area contributed by atoms with E-state index in [4.69, 9.17) is 46.5 Å². The summed E-state index contributed by atoms with van der Waals surface area (Å²) in [6.07, 6.45) is 0. The van der Waals surface area contributed by atoms with Gasteiger partial charge in [-0.3, -0.25) is 4.79 Å². The number of ketones is 1. The first-order valence-electron chi connectivity index (χ1n) is 27.4. The summed E-state index contributed by atoms with van der Waals surface area (Å²) in [6, 6.07) is 1.22. The van der Waals surface area contributed by atoms with E-state index in [1.54, 1.807) is 14.0 Å². The van der Waals surface area contributed by atoms with Gasteiger partial charge in [0.05, 0.1) is 12.7 Å². The molecule has 0 atom stereocenters. The lowest BCUT2D eigenvalue weighted by Crippen LogP contribution is -2.69. The molecule has 2 saturated heterocycles. The molecular weight excluding hydrogens is 1140 g/mol. The van der Waals surface area contributed by atoms with Gasteiger partial charge in [-0.2, -0.15) is 0 Å². The highest BCUT2D eigenvalue weighted by molar-refractivity contribution is 7.02. The van der Waals surface area contributed by atoms with E-state index in [1.807, 2.05) is 41.5 Å². The van der Waals surface area contributed by atoms with E-state index in [-0.39, 0.29) is 5.78 Å². The van der Waals surface area contributed by atoms with Gasteiger partial charge in [0.2, 0.25) is 0 Å². The molecule has 432 valence electrons. The number of carbonyl (C=O) groups is 2. The molecule has 0 radical (unpaired) electrons. The molecule has 2 aliphatic heterocycles. The summed E-state index contributed by atoms with van der Waals surface area (Å²) in [5.41, 5.74) is 16.7. The van der Waals surface area contributed by atoms with Gasteiger partial charge in [-0.15, -0.1) is 0 Å². The Balaban J connectivity index is 1.37. The number of Topliss-reactive ketones (excluding diaryl/α,β-unsaturated/α-hetero) is 1. The maximum absolute atomic E-state index is 14.3. The summed E-state index contributed by atoms with van der Waals surface area (Å²) in [7, 11) is -26.7. The summed E-state index contributed by atoms with van der Waals surface area (Å²) >= 11 is 0. The lowest BCUT2D eigenvalue weighted by Gasteiger charge is -2.51. The molecule has 13 nitrogen and oxygen atoms in total. The van der Waals surface area contributed by atoms with Crippen LogP contribution in [0.5, 0.6) is 11.5 Å². The van der Waals surface area contributed by atoms with Gasteiger partial charge in [-0.1, -0.05) is 0 Å². The Bertz CT molecular complexity index is 2730. The fraction of sp³-hybridized carbons (Fsp3) is 0.630. The Labute approximate surface area is 475 Å². The quantitative estimate of drug-likeness (QED) is 0.0656. The number of carbonyl (C=O) groups excluding carboxylic acids is 2. The van der Waals surface area contributed by atoms with Crippen molar-refractivity contribution >= 4 is 96.9 Å². The van der Waals surface area contributed by atoms with E-state index in [0.29, 0.717) is 34.6 Å². The maximum Gasteiger partial charge on any atom is 0.344 e. The van der Waals surface area contributed by atoms with Crippen LogP contribution < -0.4 is 9.47 Å². The van der Waals surface area contributed by atoms with E-state index in [0.717, 1.165) is 72.6 Å². The number of benzene rings is 3. The van der Waals surface area contributed by atoms with E-state index in [2.05, 4.69) is 146 Å². The number of hydrogen-bond acceptors (Lipinski definition) is 13. The Morgan fingerprint density at radius 3 is 1.00 bits per heavy atom. The smallest absolute Gasteiger partial charge is 0.344 e. The highest BCUT2D eigenvalue weighted by Gasteiger charge is 2.59. The van der Waals surface area contributed by atoms with E-state index in [1.165, 1.54) is 16.7 Å². The van der Waals surface area contributed by atoms with Gasteiger partial charge in [-0.05, 0) is 273 Å². The van der Waals surface area contributed by atoms with Crippen LogP contribution >= 0.6 is 0 Å². The minimum Gasteiger partial charge on any atom is -0.496 e. The van der Waals surface area contributed by atoms with Crippen LogP contribution in [0.1, 0.15) is 106 Å². The van der Waals surface area contributed by atoms with Crippen LogP contribution in [-0.2, 0) is 49.1 Å². The van der Waals surface area contributed by atoms with Gasteiger partial charge < -0.3 is 46.5 Å². The van der Waals surface area contributed by atoms with Crippen LogP contribution in [0.3, 0.4) is 0 Å². The van der Waals surface area contributed by atoms with Gasteiger partial charge in [0.15, 0.2) is 22.4 Å². The molecule has 2 aliphatic rings. The zero-order valence-electron chi connectivity index (χ0n) is 53.1. The van der Waals surface area contributed by atoms with Crippen molar-refractivity contribution in [3.8, 4) is 11.5 Å². The molecule has 0 spiro atoms. The average Bonchev–Trinajstić information content (AvgIpc) is 3.19. The average molecular weight is 1240 g/mol. The number of methoxy groups -OCH3 is 1. The first kappa shape index (κ1) is 66.2. The summed E-state index contributed by atoms with van der Waals surface area (Å²) in [5, 5.41) is 0. The Kier molecular flexibility index (Phi) is 19.4. The normalized spacial score (nSPS) is 25.6. The van der Waals surface area contributed by atoms with Crippen molar-refractivity contribution in [3.05, 3.63) is 89.0 Å². The Hall–Kier alpha value is -1.59. The first-order chi connectivity index (χ1) is 34.6. The molecule has 23 heteroatoms. The Morgan fingerprint density at radius 1 is 0.390 bits per heavy atom. The van der Waals surface area contributed by atoms with Gasteiger partial charge in [0, 0.05) is 29.0 Å². The Morgan fingerprint density at radius 2 is 0.675 bits per heavy atom. The molecule has 3 aromatic rings. The van der Waals surface area contributed by atoms with E-state index < -0.39 is 91.1 Å². The predicted molar refractivity (Wildman–Crippen MR) is 336 cm³/mol. The third kappa shape index (κ3) is 15.2. The fourth-order valence-electron chi connectivity index (χ4n) is 13.6. The lowest BCUT2D eigenvalue weighted by atomic mass is 9.87. The number of rotatable bonds is 14. The van der Waals surface area contributed by atoms with Gasteiger partial charge in [0.1, 0.15) is 11.5 Å². The van der Waals surface area contributed by atoms with Crippen molar-refractivity contribution in [1.82, 2.24) is 0 Å². The minimum atomic E-state index is -3.11. The van der Waals surface area contributed by atoms with Crippen molar-refractivity contribution in [2.45, 2.75) is 218 Å². The molecule has 2 heterocycles. The van der Waals surface area contributed by atoms with E-state index in [9.17, 15) is 9.59 Å². The van der Waals surface area contributed by atoms with Crippen molar-refractivity contribution < 1.29 is 56.1 Å². The molecule has 77 heavy (non-hydrogen) atoms. The highest BCUT2D eigenvalue weighted by atomic mass is 28.5. The monoisotopic (exact) mass is 1230 g/mol. The second-order valence-electron chi connectivity index (χ2n) is 26.3. The largest absolute Gasteiger partial charge is 0.496 e. The molecular formula is C54H98O13Si10. The number of hydrogen-bond donors (Lipinski definition) is 0. The minimum absolute atomic E-state index is 0.0161. The number of ether oxygens (including phenoxy) is 2. The van der Waals surface area contributed by atoms with Crippen molar-refractivity contribution in [3.63, 3.8) is 0 Å². The zero-order valence-corrected chi connectivity index (χ0v) is 63.1. The van der Waals surface area contributed by atoms with Gasteiger partial charge in [-0.25, -0.2) is 4.79 Å². The van der Waals surface area contributed by atoms with Crippen molar-refractivity contribution in [2.24, 2.45) is 0 Å². The number of esters is 1. The van der Waals surface area contributed by atoms with Crippen LogP contribution in [0.25, 0.3) is 0 Å². The summed E-state index contributed by atoms with van der Waals surface area (Å²) in [5.74, 6) is 1.04. The van der Waals surface area contributed by atoms with Crippen LogP contribution in [0.15, 0.2) is 0 Å². The van der Waals surface area contributed by atoms with Crippen LogP contribution in [0.4, 0.5) is 0 Å². The molecule has 5 rings (SSSR count). The molecule has 0 unspecified atom stereocenters. The highest BCUT2D eigenvalue weighted by Crippen LogP contribution is 2.43. The fourth-order valence-corrected chi connectivity index (χ4v) is 78.7. The van der Waals surface area contributed by atoms with Crippen LogP contribution in [0.2, 0.25) is 116 Å². The van der Waals surface area contributed by atoms with Gasteiger partial charge >= 0.3 is 74.5 Å². The summed E-state index contributed by atoms with van der Waals surface area (Å²) in [4.78, 5) is 26.9. The van der Waals surface area contributed by atoms with Crippen LogP contribution in [-0.4, -0.2) is 104 Å². The molecule has 2 fully saturated rings. The molecule has 0 N–H and O–H groups in total. The maximum atomic E-state index is 14.3. The van der Waals surface area contributed by atoms with Crippen molar-refractivity contribution in [1.29, 1.82) is 0 Å². The third-order valence-corrected chi connectivity index (χ3v) is 63.6. The standard InChI is InChI=1S/C54H98O13Si10/c1-35-36(2)49(46(12)53(43(35)9)58-54(56)51-41(7)39(5)50(47(13)55)40(6)42(51)8)32-75(28)62-72(23,24)66-77(30,67-73(25,26)63-75)34-69(17,18)59-68(15,16)33-76(29)64-70(19,20)60-74(27,61-71(21,22)65-76)31-48-37(3)44(10)52(57-14)45(11)38(48)4/h31-34H2,1-30H3. The summed E-state index contributed by atoms with van der Waals surface area (Å²) in [6.45, 7) is 61.1. The topological polar surface area (TPSA) is 136 Å². The molecule has 0 bridgehead atoms. The zero-order chi connectivity index (χ0) is 59.2. The van der Waals surface area contributed by atoms with Crippen molar-refractivity contribution in [2.75, 3.05) is 7.11 Å². The predicted octanol–water partition coefficient (Wildman–Crippen LogP) is 14.4. The van der Waals surface area contributed by atoms with Crippen LogP contribution in [0, 0.1) is 83.1 Å². The first-order valence-corrected chi connectivity index (χ1v) is 55.0. The molecule has 0 amide bonds. The SMILES string of the molecule is COc1c(C)c(C)c(C[Si]2(C)O[Si](C)(C)O[Si](C)(C[Si](C)(C)O[Si](C)(C)C[Si]3(C)O[Si](C)(C)O[Si](C)(Cc4c(C)c(C)c(C)c(OC(=O)c5c(C)c(C)c(C(C)=O)c(C)c5C)c4C)O[Si](C)(C)O3)O[Si](C)(C)O2)c(C)c1C. The molecule has 0 aliphatic carbocycles. The second kappa shape index (κ2) is 22.5. The lowest BCUT2D eigenvalue weighted by molar-refractivity contribution is 0.0729. The third-order valence-electron chi connectivity index (χ3n) is 15.7. The second-order valence-corrected chi connectivity index (χ2v) is 64.5. The summed E-state index contributed by atoms with van der Waals surface area (Å²) < 4.78 is 78.4. The molecule has 0 saturated carbocycles.